The molecule has 2 rings (SSSR count). The van der Waals surface area contributed by atoms with Gasteiger partial charge in [-0.3, -0.25) is 9.78 Å². The summed E-state index contributed by atoms with van der Waals surface area (Å²) in [6.45, 7) is 0. The Balaban J connectivity index is 2.31. The average molecular weight is 248 g/mol. The van der Waals surface area contributed by atoms with Crippen molar-refractivity contribution >= 4 is 34.3 Å². The first-order chi connectivity index (χ1) is 8.20. The lowest BCUT2D eigenvalue weighted by atomic mass is 10.2. The summed E-state index contributed by atoms with van der Waals surface area (Å²) < 4.78 is 4.61. The van der Waals surface area contributed by atoms with E-state index in [0.717, 1.165) is 15.8 Å². The van der Waals surface area contributed by atoms with Gasteiger partial charge in [-0.05, 0) is 24.3 Å². The molecule has 4 nitrogen and oxygen atoms in total. The number of rotatable bonds is 3. The number of pyridine rings is 1. The summed E-state index contributed by atoms with van der Waals surface area (Å²) in [6.07, 6.45) is 1.71. The number of aromatic nitrogens is 1. The number of fused-ring (bicyclic) bond motifs is 1. The molecule has 2 N–H and O–H groups in total. The van der Waals surface area contributed by atoms with Gasteiger partial charge in [0.1, 0.15) is 0 Å². The van der Waals surface area contributed by atoms with Crippen LogP contribution in [0.5, 0.6) is 0 Å². The second kappa shape index (κ2) is 5.05. The van der Waals surface area contributed by atoms with Gasteiger partial charge in [-0.25, -0.2) is 0 Å². The average Bonchev–Trinajstić information content (AvgIpc) is 2.35. The Kier molecular flexibility index (Phi) is 3.49. The van der Waals surface area contributed by atoms with Crippen LogP contribution in [0.1, 0.15) is 0 Å². The Morgan fingerprint density at radius 3 is 3.06 bits per heavy atom. The maximum Gasteiger partial charge on any atom is 0.315 e. The number of hydrogen-bond donors (Lipinski definition) is 1. The van der Waals surface area contributed by atoms with Gasteiger partial charge in [-0.15, -0.1) is 11.8 Å². The molecule has 1 aromatic heterocycles. The van der Waals surface area contributed by atoms with Crippen LogP contribution in [-0.4, -0.2) is 23.8 Å². The molecule has 88 valence electrons. The molecule has 0 saturated heterocycles. The molecular formula is C12H12N2O2S. The second-order valence-corrected chi connectivity index (χ2v) is 4.47. The number of nitrogens with two attached hydrogens (primary N) is 1. The van der Waals surface area contributed by atoms with Crippen molar-refractivity contribution in [1.29, 1.82) is 0 Å². The van der Waals surface area contributed by atoms with Crippen molar-refractivity contribution in [2.24, 2.45) is 0 Å². The highest BCUT2D eigenvalue weighted by Gasteiger charge is 2.06. The zero-order valence-corrected chi connectivity index (χ0v) is 10.2. The lowest BCUT2D eigenvalue weighted by molar-refractivity contribution is -0.137. The number of nitrogen functional groups attached to an aromatic ring is 1. The van der Waals surface area contributed by atoms with Crippen molar-refractivity contribution in [3.8, 4) is 0 Å². The number of carbonyl (C=O) groups excluding carboxylic acids is 1. The van der Waals surface area contributed by atoms with Crippen LogP contribution in [0.4, 0.5) is 5.69 Å². The number of benzene rings is 1. The minimum Gasteiger partial charge on any atom is -0.468 e. The van der Waals surface area contributed by atoms with Crippen LogP contribution < -0.4 is 5.73 Å². The largest absolute Gasteiger partial charge is 0.468 e. The van der Waals surface area contributed by atoms with Gasteiger partial charge in [0.2, 0.25) is 0 Å². The standard InChI is InChI=1S/C12H12N2O2S/c1-16-12(15)7-17-11-4-5-14-10-6-8(13)2-3-9(10)11/h2-6H,7,13H2,1H3. The van der Waals surface area contributed by atoms with E-state index in [-0.39, 0.29) is 5.97 Å². The third-order valence-electron chi connectivity index (χ3n) is 2.30. The Labute approximate surface area is 103 Å². The fourth-order valence-corrected chi connectivity index (χ4v) is 2.34. The number of thioether (sulfide) groups is 1. The van der Waals surface area contributed by atoms with Gasteiger partial charge in [-0.1, -0.05) is 0 Å². The Hall–Kier alpha value is -1.75. The summed E-state index contributed by atoms with van der Waals surface area (Å²) in [5.74, 6) is 0.0513. The summed E-state index contributed by atoms with van der Waals surface area (Å²) in [6, 6.07) is 7.44. The molecule has 0 aliphatic rings. The Bertz CT molecular complexity index is 557. The van der Waals surface area contributed by atoms with Crippen LogP contribution in [-0.2, 0) is 9.53 Å². The summed E-state index contributed by atoms with van der Waals surface area (Å²) in [5.41, 5.74) is 7.21. The minimum absolute atomic E-state index is 0.240. The first-order valence-corrected chi connectivity index (χ1v) is 6.03. The van der Waals surface area contributed by atoms with E-state index in [1.54, 1.807) is 6.20 Å². The highest BCUT2D eigenvalue weighted by Crippen LogP contribution is 2.27. The lowest BCUT2D eigenvalue weighted by Gasteiger charge is -2.05. The van der Waals surface area contributed by atoms with Crippen molar-refractivity contribution in [3.05, 3.63) is 30.5 Å². The van der Waals surface area contributed by atoms with E-state index in [4.69, 9.17) is 5.73 Å². The topological polar surface area (TPSA) is 65.2 Å². The maximum absolute atomic E-state index is 11.1. The van der Waals surface area contributed by atoms with E-state index in [9.17, 15) is 4.79 Å². The zero-order chi connectivity index (χ0) is 12.3. The number of carbonyl (C=O) groups is 1. The molecule has 1 aromatic carbocycles. The van der Waals surface area contributed by atoms with E-state index in [1.165, 1.54) is 18.9 Å². The van der Waals surface area contributed by atoms with Gasteiger partial charge < -0.3 is 10.5 Å². The monoisotopic (exact) mass is 248 g/mol. The maximum atomic E-state index is 11.1. The highest BCUT2D eigenvalue weighted by atomic mass is 32.2. The molecule has 0 bridgehead atoms. The molecule has 5 heteroatoms. The van der Waals surface area contributed by atoms with Crippen molar-refractivity contribution in [3.63, 3.8) is 0 Å². The van der Waals surface area contributed by atoms with Gasteiger partial charge in [-0.2, -0.15) is 0 Å². The fourth-order valence-electron chi connectivity index (χ4n) is 1.46. The molecule has 0 atom stereocenters. The van der Waals surface area contributed by atoms with E-state index in [2.05, 4.69) is 9.72 Å². The quantitative estimate of drug-likeness (QED) is 0.512. The summed E-state index contributed by atoms with van der Waals surface area (Å²) in [4.78, 5) is 16.3. The molecule has 0 fully saturated rings. The van der Waals surface area contributed by atoms with Crippen LogP contribution in [0.15, 0.2) is 35.4 Å². The Morgan fingerprint density at radius 1 is 1.47 bits per heavy atom. The fraction of sp³-hybridized carbons (Fsp3) is 0.167. The number of methoxy groups -OCH3 is 1. The minimum atomic E-state index is -0.240. The van der Waals surface area contributed by atoms with Crippen LogP contribution in [0.25, 0.3) is 10.9 Å². The van der Waals surface area contributed by atoms with Gasteiger partial charge in [0.25, 0.3) is 0 Å². The molecule has 0 spiro atoms. The number of hydrogen-bond acceptors (Lipinski definition) is 5. The third-order valence-corrected chi connectivity index (χ3v) is 3.35. The molecule has 1 heterocycles. The van der Waals surface area contributed by atoms with E-state index in [1.807, 2.05) is 24.3 Å². The molecule has 0 amide bonds. The number of anilines is 1. The normalized spacial score (nSPS) is 10.4. The van der Waals surface area contributed by atoms with Gasteiger partial charge in [0.15, 0.2) is 0 Å². The molecule has 2 aromatic rings. The summed E-state index contributed by atoms with van der Waals surface area (Å²) in [5, 5.41) is 0.996. The summed E-state index contributed by atoms with van der Waals surface area (Å²) in [7, 11) is 1.38. The van der Waals surface area contributed by atoms with E-state index >= 15 is 0 Å². The van der Waals surface area contributed by atoms with Gasteiger partial charge >= 0.3 is 5.97 Å². The van der Waals surface area contributed by atoms with Crippen molar-refractivity contribution in [2.75, 3.05) is 18.6 Å². The van der Waals surface area contributed by atoms with Crippen molar-refractivity contribution < 1.29 is 9.53 Å². The first kappa shape index (κ1) is 11.7. The van der Waals surface area contributed by atoms with Crippen LogP contribution in [0.3, 0.4) is 0 Å². The molecule has 0 aliphatic carbocycles. The van der Waals surface area contributed by atoms with E-state index in [0.29, 0.717) is 11.4 Å². The number of esters is 1. The van der Waals surface area contributed by atoms with Crippen molar-refractivity contribution in [1.82, 2.24) is 4.98 Å². The number of nitrogens with zero attached hydrogens (tertiary/aromatic N) is 1. The van der Waals surface area contributed by atoms with Crippen LogP contribution in [0.2, 0.25) is 0 Å². The van der Waals surface area contributed by atoms with Crippen molar-refractivity contribution in [2.45, 2.75) is 4.90 Å². The first-order valence-electron chi connectivity index (χ1n) is 5.04. The van der Waals surface area contributed by atoms with Crippen LogP contribution >= 0.6 is 11.8 Å². The molecule has 17 heavy (non-hydrogen) atoms. The smallest absolute Gasteiger partial charge is 0.315 e. The van der Waals surface area contributed by atoms with Crippen LogP contribution in [0, 0.1) is 0 Å². The molecule has 0 aliphatic heterocycles. The zero-order valence-electron chi connectivity index (χ0n) is 9.34. The second-order valence-electron chi connectivity index (χ2n) is 3.45. The summed E-state index contributed by atoms with van der Waals surface area (Å²) >= 11 is 1.43. The Morgan fingerprint density at radius 2 is 2.29 bits per heavy atom. The molecule has 0 radical (unpaired) electrons. The SMILES string of the molecule is COC(=O)CSc1ccnc2cc(N)ccc12. The highest BCUT2D eigenvalue weighted by molar-refractivity contribution is 8.00. The lowest BCUT2D eigenvalue weighted by Crippen LogP contribution is -2.02. The van der Waals surface area contributed by atoms with Gasteiger partial charge in [0.05, 0.1) is 18.4 Å². The molecular weight excluding hydrogens is 236 g/mol. The molecule has 0 unspecified atom stereocenters. The predicted molar refractivity (Wildman–Crippen MR) is 68.9 cm³/mol. The van der Waals surface area contributed by atoms with Gasteiger partial charge in [0, 0.05) is 22.2 Å². The number of ether oxygens (including phenoxy) is 1. The molecule has 0 saturated carbocycles. The predicted octanol–water partition coefficient (Wildman–Crippen LogP) is 2.08. The third kappa shape index (κ3) is 2.68. The van der Waals surface area contributed by atoms with E-state index < -0.39 is 0 Å².